The molecule has 84 valence electrons. The van der Waals surface area contributed by atoms with Gasteiger partial charge in [-0.05, 0) is 24.3 Å². The fourth-order valence-electron chi connectivity index (χ4n) is 1.41. The van der Waals surface area contributed by atoms with Gasteiger partial charge in [0.25, 0.3) is 0 Å². The average Bonchev–Trinajstić information content (AvgIpc) is 2.40. The lowest BCUT2D eigenvalue weighted by atomic mass is 10.1. The fraction of sp³-hybridized carbons (Fsp3) is 0. The molecule has 1 amide bonds. The number of hydrogen-bond acceptors (Lipinski definition) is 3. The number of amides is 1. The molecular weight excluding hydrogens is 214 g/mol. The molecule has 0 atom stereocenters. The molecule has 4 heteroatoms. The van der Waals surface area contributed by atoms with Gasteiger partial charge < -0.3 is 5.32 Å². The minimum atomic E-state index is -0.232. The summed E-state index contributed by atoms with van der Waals surface area (Å²) in [6.07, 6.45) is 4.40. The van der Waals surface area contributed by atoms with Crippen LogP contribution in [0.25, 0.3) is 11.3 Å². The smallest absolute Gasteiger partial charge is 0.247 e. The van der Waals surface area contributed by atoms with Crippen molar-refractivity contribution in [2.24, 2.45) is 0 Å². The maximum Gasteiger partial charge on any atom is 0.247 e. The lowest BCUT2D eigenvalue weighted by molar-refractivity contribution is -0.111. The van der Waals surface area contributed by atoms with Crippen LogP contribution in [0.5, 0.6) is 0 Å². The molecule has 1 heterocycles. The monoisotopic (exact) mass is 225 g/mol. The van der Waals surface area contributed by atoms with Gasteiger partial charge in [-0.25, -0.2) is 9.97 Å². The van der Waals surface area contributed by atoms with E-state index in [2.05, 4.69) is 21.9 Å². The van der Waals surface area contributed by atoms with E-state index in [-0.39, 0.29) is 5.91 Å². The van der Waals surface area contributed by atoms with Crippen LogP contribution in [-0.2, 0) is 4.79 Å². The summed E-state index contributed by atoms with van der Waals surface area (Å²) in [6.45, 7) is 3.40. The third-order valence-electron chi connectivity index (χ3n) is 2.19. The summed E-state index contributed by atoms with van der Waals surface area (Å²) < 4.78 is 0. The first-order chi connectivity index (χ1) is 8.29. The molecule has 0 aliphatic rings. The Bertz CT molecular complexity index is 537. The van der Waals surface area contributed by atoms with Gasteiger partial charge in [0.05, 0.1) is 5.69 Å². The van der Waals surface area contributed by atoms with E-state index >= 15 is 0 Å². The van der Waals surface area contributed by atoms with Gasteiger partial charge in [-0.1, -0.05) is 18.7 Å². The predicted octanol–water partition coefficient (Wildman–Crippen LogP) is 2.27. The topological polar surface area (TPSA) is 54.9 Å². The second-order valence-corrected chi connectivity index (χ2v) is 3.37. The summed E-state index contributed by atoms with van der Waals surface area (Å²) in [5.41, 5.74) is 2.45. The Morgan fingerprint density at radius 3 is 2.94 bits per heavy atom. The molecule has 1 N–H and O–H groups in total. The standard InChI is InChI=1S/C13H11N3O/c1-2-13(17)16-11-5-3-4-10(8-11)12-6-7-14-9-15-12/h2-9H,1H2,(H,16,17). The molecule has 0 aliphatic heterocycles. The molecule has 0 bridgehead atoms. The van der Waals surface area contributed by atoms with Crippen LogP contribution in [0.3, 0.4) is 0 Å². The molecular formula is C13H11N3O. The number of nitrogens with one attached hydrogen (secondary N) is 1. The largest absolute Gasteiger partial charge is 0.323 e. The van der Waals surface area contributed by atoms with Crippen molar-refractivity contribution in [3.8, 4) is 11.3 Å². The molecule has 0 unspecified atom stereocenters. The molecule has 0 fully saturated rings. The van der Waals surface area contributed by atoms with E-state index in [1.807, 2.05) is 30.3 Å². The Hall–Kier alpha value is -2.49. The number of rotatable bonds is 3. The Kier molecular flexibility index (Phi) is 3.25. The van der Waals surface area contributed by atoms with E-state index < -0.39 is 0 Å². The van der Waals surface area contributed by atoms with E-state index in [1.165, 1.54) is 12.4 Å². The average molecular weight is 225 g/mol. The van der Waals surface area contributed by atoms with Gasteiger partial charge in [0, 0.05) is 17.4 Å². The third kappa shape index (κ3) is 2.75. The van der Waals surface area contributed by atoms with Crippen LogP contribution in [-0.4, -0.2) is 15.9 Å². The molecule has 0 spiro atoms. The van der Waals surface area contributed by atoms with Crippen LogP contribution in [0, 0.1) is 0 Å². The first-order valence-electron chi connectivity index (χ1n) is 5.09. The molecule has 0 saturated heterocycles. The highest BCUT2D eigenvalue weighted by Crippen LogP contribution is 2.19. The summed E-state index contributed by atoms with van der Waals surface area (Å²) in [4.78, 5) is 19.2. The normalized spacial score (nSPS) is 9.65. The second-order valence-electron chi connectivity index (χ2n) is 3.37. The molecule has 2 rings (SSSR count). The Labute approximate surface area is 99.0 Å². The fourth-order valence-corrected chi connectivity index (χ4v) is 1.41. The van der Waals surface area contributed by atoms with Gasteiger partial charge in [-0.2, -0.15) is 0 Å². The third-order valence-corrected chi connectivity index (χ3v) is 2.19. The number of carbonyl (C=O) groups excluding carboxylic acids is 1. The number of benzene rings is 1. The number of hydrogen-bond donors (Lipinski definition) is 1. The molecule has 0 aliphatic carbocycles. The van der Waals surface area contributed by atoms with Gasteiger partial charge in [0.2, 0.25) is 5.91 Å². The van der Waals surface area contributed by atoms with Crippen molar-refractivity contribution in [2.45, 2.75) is 0 Å². The Morgan fingerprint density at radius 1 is 1.35 bits per heavy atom. The van der Waals surface area contributed by atoms with E-state index in [1.54, 1.807) is 6.20 Å². The molecule has 1 aromatic carbocycles. The molecule has 17 heavy (non-hydrogen) atoms. The maximum atomic E-state index is 11.2. The van der Waals surface area contributed by atoms with Crippen molar-refractivity contribution in [2.75, 3.05) is 5.32 Å². The van der Waals surface area contributed by atoms with Crippen LogP contribution < -0.4 is 5.32 Å². The van der Waals surface area contributed by atoms with Gasteiger partial charge in [-0.15, -0.1) is 0 Å². The first-order valence-corrected chi connectivity index (χ1v) is 5.09. The Balaban J connectivity index is 2.29. The highest BCUT2D eigenvalue weighted by Gasteiger charge is 2.01. The zero-order chi connectivity index (χ0) is 12.1. The van der Waals surface area contributed by atoms with Gasteiger partial charge >= 0.3 is 0 Å². The van der Waals surface area contributed by atoms with Crippen molar-refractivity contribution >= 4 is 11.6 Å². The van der Waals surface area contributed by atoms with Gasteiger partial charge in [0.15, 0.2) is 0 Å². The SMILES string of the molecule is C=CC(=O)Nc1cccc(-c2ccncn2)c1. The molecule has 0 saturated carbocycles. The summed E-state index contributed by atoms with van der Waals surface area (Å²) in [6, 6.07) is 9.26. The van der Waals surface area contributed by atoms with Crippen molar-refractivity contribution in [3.05, 3.63) is 55.5 Å². The zero-order valence-electron chi connectivity index (χ0n) is 9.13. The van der Waals surface area contributed by atoms with Crippen LogP contribution in [0.2, 0.25) is 0 Å². The van der Waals surface area contributed by atoms with Gasteiger partial charge in [0.1, 0.15) is 6.33 Å². The molecule has 4 nitrogen and oxygen atoms in total. The highest BCUT2D eigenvalue weighted by atomic mass is 16.1. The number of aromatic nitrogens is 2. The first kappa shape index (κ1) is 11.0. The Morgan fingerprint density at radius 2 is 2.24 bits per heavy atom. The number of anilines is 1. The predicted molar refractivity (Wildman–Crippen MR) is 66.3 cm³/mol. The van der Waals surface area contributed by atoms with Crippen LogP contribution >= 0.6 is 0 Å². The molecule has 2 aromatic rings. The maximum absolute atomic E-state index is 11.2. The molecule has 0 radical (unpaired) electrons. The van der Waals surface area contributed by atoms with Crippen molar-refractivity contribution in [3.63, 3.8) is 0 Å². The van der Waals surface area contributed by atoms with Crippen molar-refractivity contribution < 1.29 is 4.79 Å². The summed E-state index contributed by atoms with van der Waals surface area (Å²) in [7, 11) is 0. The summed E-state index contributed by atoms with van der Waals surface area (Å²) >= 11 is 0. The minimum absolute atomic E-state index is 0.232. The number of nitrogens with zero attached hydrogens (tertiary/aromatic N) is 2. The lowest BCUT2D eigenvalue weighted by Crippen LogP contribution is -2.07. The van der Waals surface area contributed by atoms with E-state index in [0.717, 1.165) is 11.3 Å². The summed E-state index contributed by atoms with van der Waals surface area (Å²) in [5, 5.41) is 2.70. The van der Waals surface area contributed by atoms with Crippen LogP contribution in [0.15, 0.2) is 55.5 Å². The van der Waals surface area contributed by atoms with E-state index in [4.69, 9.17) is 0 Å². The van der Waals surface area contributed by atoms with Crippen molar-refractivity contribution in [1.29, 1.82) is 0 Å². The molecule has 1 aromatic heterocycles. The zero-order valence-corrected chi connectivity index (χ0v) is 9.13. The van der Waals surface area contributed by atoms with Crippen LogP contribution in [0.4, 0.5) is 5.69 Å². The highest BCUT2D eigenvalue weighted by molar-refractivity contribution is 5.99. The lowest BCUT2D eigenvalue weighted by Gasteiger charge is -2.05. The number of carbonyl (C=O) groups is 1. The quantitative estimate of drug-likeness (QED) is 0.815. The second kappa shape index (κ2) is 5.03. The van der Waals surface area contributed by atoms with E-state index in [0.29, 0.717) is 5.69 Å². The van der Waals surface area contributed by atoms with Gasteiger partial charge in [-0.3, -0.25) is 4.79 Å². The van der Waals surface area contributed by atoms with E-state index in [9.17, 15) is 4.79 Å². The minimum Gasteiger partial charge on any atom is -0.323 e. The van der Waals surface area contributed by atoms with Crippen molar-refractivity contribution in [1.82, 2.24) is 9.97 Å². The summed E-state index contributed by atoms with van der Waals surface area (Å²) in [5.74, 6) is -0.232. The van der Waals surface area contributed by atoms with Crippen LogP contribution in [0.1, 0.15) is 0 Å².